The molecule has 0 radical (unpaired) electrons. The summed E-state index contributed by atoms with van der Waals surface area (Å²) < 4.78 is 173. The van der Waals surface area contributed by atoms with Gasteiger partial charge in [-0.15, -0.1) is 0 Å². The fourth-order valence-electron chi connectivity index (χ4n) is 11.6. The van der Waals surface area contributed by atoms with Gasteiger partial charge in [-0.25, -0.2) is 35.1 Å². The van der Waals surface area contributed by atoms with Crippen molar-refractivity contribution in [3.05, 3.63) is 413 Å². The standard InChI is InChI=1S/C28H20F6O.2C18H15P.C15H16BFO2.C13H6BrF5O.2ClH.Pd/c1-2-3-17-4-6-18(7-5-17)20-10-13-23(24(29)14-20)19-8-11-21(12-9-19)28(33,34)35-22-15-25(30)27(32)26(31)16-22;2*1-4-10-16(11-5-1)19(17-12-6-2-7-13-17)18-14-8-3-9-15-18;1-2-3-11-4-6-12(7-5-11)13-8-9-14(16(18)19)15(17)10-13;14-8-3-1-7(2-4-8)13(18,19)20-9-5-10(15)12(17)11(16)6-9;;;/h4-16H,2-3H2,1H3;2*1-15H;4-10,18-19H,2-3H2,1H3;1-6H;2*1H;/q;;;;;;;+2/p-2. The Morgan fingerprint density at radius 1 is 0.339 bits per heavy atom. The maximum atomic E-state index is 14.9. The van der Waals surface area contributed by atoms with Gasteiger partial charge in [-0.1, -0.05) is 310 Å². The second-order valence-electron chi connectivity index (χ2n) is 25.2. The molecule has 0 fully saturated rings. The van der Waals surface area contributed by atoms with Crippen molar-refractivity contribution in [1.82, 2.24) is 0 Å². The van der Waals surface area contributed by atoms with E-state index in [0.717, 1.165) is 66.6 Å². The van der Waals surface area contributed by atoms with Crippen LogP contribution in [0.3, 0.4) is 0 Å². The second kappa shape index (κ2) is 44.5. The molecule has 0 heterocycles. The van der Waals surface area contributed by atoms with Crippen LogP contribution in [-0.4, -0.2) is 17.2 Å². The summed E-state index contributed by atoms with van der Waals surface area (Å²) in [6.07, 6.45) is -3.66. The van der Waals surface area contributed by atoms with Crippen LogP contribution in [0.5, 0.6) is 11.5 Å². The monoisotopic (exact) mass is 1800 g/mol. The summed E-state index contributed by atoms with van der Waals surface area (Å²) in [5.41, 5.74) is 4.97. The first-order valence-electron chi connectivity index (χ1n) is 35.6. The van der Waals surface area contributed by atoms with Gasteiger partial charge in [0.1, 0.15) is 23.1 Å². The first kappa shape index (κ1) is 89.3. The first-order valence-corrected chi connectivity index (χ1v) is 43.0. The Hall–Kier alpha value is -9.59. The zero-order valence-corrected chi connectivity index (χ0v) is 67.8. The Morgan fingerprint density at radius 2 is 0.609 bits per heavy atom. The van der Waals surface area contributed by atoms with Crippen LogP contribution in [0.25, 0.3) is 33.4 Å². The summed E-state index contributed by atoms with van der Waals surface area (Å²) in [4.78, 5) is 0. The molecule has 0 bridgehead atoms. The summed E-state index contributed by atoms with van der Waals surface area (Å²) in [6.45, 7) is 4.22. The molecule has 14 aromatic carbocycles. The van der Waals surface area contributed by atoms with Crippen LogP contribution in [0, 0.1) is 46.5 Å². The van der Waals surface area contributed by atoms with E-state index in [1.54, 1.807) is 18.2 Å². The molecule has 23 heteroatoms. The van der Waals surface area contributed by atoms with Gasteiger partial charge in [0.15, 0.2) is 34.9 Å². The van der Waals surface area contributed by atoms with E-state index < -0.39 is 104 Å². The Labute approximate surface area is 688 Å². The van der Waals surface area contributed by atoms with Crippen LogP contribution in [0.15, 0.2) is 344 Å². The maximum absolute atomic E-state index is 14.9. The molecular formula is C92H72BBrCl2F12O4P2Pd. The van der Waals surface area contributed by atoms with E-state index in [9.17, 15) is 52.7 Å². The smallest absolute Gasteiger partial charge is 0.0134 e. The summed E-state index contributed by atoms with van der Waals surface area (Å²) in [6, 6.07) is 100. The normalized spacial score (nSPS) is 10.9. The number of benzene rings is 14. The molecule has 14 aromatic rings. The topological polar surface area (TPSA) is 58.9 Å². The zero-order chi connectivity index (χ0) is 82.4. The second-order valence-corrected chi connectivity index (χ2v) is 32.9. The van der Waals surface area contributed by atoms with Crippen molar-refractivity contribution >= 4 is 95.2 Å². The van der Waals surface area contributed by atoms with Gasteiger partial charge in [0.05, 0.1) is 11.1 Å². The number of aryl methyl sites for hydroxylation is 2. The van der Waals surface area contributed by atoms with Crippen molar-refractivity contribution in [2.75, 3.05) is 0 Å². The van der Waals surface area contributed by atoms with E-state index in [-0.39, 0.29) is 27.0 Å². The van der Waals surface area contributed by atoms with Crippen molar-refractivity contribution in [1.29, 1.82) is 0 Å². The van der Waals surface area contributed by atoms with E-state index >= 15 is 0 Å². The molecule has 0 aliphatic rings. The molecule has 0 amide bonds. The zero-order valence-electron chi connectivity index (χ0n) is 61.3. The SMILES string of the molecule is CCCc1ccc(-c2ccc(-c3ccc(C(F)(F)Oc4cc(F)c(F)c(F)c4)cc3)c(F)c2)cc1.CCCc1ccc(-c2ccc(B(O)O)c(F)c2)cc1.Fc1cc(OC(F)(F)c2ccc(Br)cc2)cc(F)c1F.[Cl][Pd][Cl].c1ccc(P(c2ccccc2)c2ccccc2)cc1.c1ccc(P(c2ccccc2)c2ccccc2)cc1. The number of ether oxygens (including phenoxy) is 2. The average molecular weight is 1800 g/mol. The Morgan fingerprint density at radius 3 is 0.887 bits per heavy atom. The molecule has 0 spiro atoms. The molecule has 0 aliphatic heterocycles. The molecule has 0 aliphatic carbocycles. The van der Waals surface area contributed by atoms with Gasteiger partial charge in [-0.3, -0.25) is 0 Å². The predicted octanol–water partition coefficient (Wildman–Crippen LogP) is 24.0. The summed E-state index contributed by atoms with van der Waals surface area (Å²) in [5, 5.41) is 26.3. The molecule has 2 N–H and O–H groups in total. The number of hydrogen-bond acceptors (Lipinski definition) is 4. The van der Waals surface area contributed by atoms with E-state index in [0.29, 0.717) is 39.9 Å². The van der Waals surface area contributed by atoms with Crippen LogP contribution in [0.4, 0.5) is 52.7 Å². The Bertz CT molecular complexity index is 4960. The van der Waals surface area contributed by atoms with Crippen molar-refractivity contribution in [3.63, 3.8) is 0 Å². The van der Waals surface area contributed by atoms with Crippen molar-refractivity contribution in [3.8, 4) is 44.9 Å². The van der Waals surface area contributed by atoms with Gasteiger partial charge in [0, 0.05) is 39.8 Å². The van der Waals surface area contributed by atoms with E-state index in [1.807, 2.05) is 48.5 Å². The van der Waals surface area contributed by atoms with Gasteiger partial charge in [0.25, 0.3) is 0 Å². The third kappa shape index (κ3) is 26.2. The van der Waals surface area contributed by atoms with E-state index in [4.69, 9.17) is 29.1 Å². The van der Waals surface area contributed by atoms with E-state index in [1.165, 1.54) is 85.4 Å². The number of rotatable bonds is 20. The van der Waals surface area contributed by atoms with E-state index in [2.05, 4.69) is 221 Å². The van der Waals surface area contributed by atoms with Crippen molar-refractivity contribution < 1.29 is 88.1 Å². The quantitative estimate of drug-likeness (QED) is 0.0346. The molecule has 14 rings (SSSR count). The summed E-state index contributed by atoms with van der Waals surface area (Å²) in [5.74, 6) is -12.9. The van der Waals surface area contributed by atoms with Crippen LogP contribution in [0.2, 0.25) is 0 Å². The fourth-order valence-corrected chi connectivity index (χ4v) is 16.5. The molecule has 0 saturated heterocycles. The molecule has 0 aromatic heterocycles. The minimum absolute atomic E-state index is 0.105. The molecule has 592 valence electrons. The third-order valence-corrected chi connectivity index (χ3v) is 22.5. The molecule has 0 atom stereocenters. The average Bonchev–Trinajstić information content (AvgIpc) is 0.813. The molecule has 4 nitrogen and oxygen atoms in total. The predicted molar refractivity (Wildman–Crippen MR) is 445 cm³/mol. The van der Waals surface area contributed by atoms with Crippen molar-refractivity contribution in [2.45, 2.75) is 51.7 Å². The summed E-state index contributed by atoms with van der Waals surface area (Å²) >= 11 is 2.97. The fraction of sp³-hybridized carbons (Fsp3) is 0.0870. The number of halogens is 15. The van der Waals surface area contributed by atoms with Crippen molar-refractivity contribution in [2.24, 2.45) is 0 Å². The van der Waals surface area contributed by atoms with Gasteiger partial charge in [-0.2, -0.15) is 17.6 Å². The maximum Gasteiger partial charge on any atom is -0.0134 e. The largest absolute Gasteiger partial charge is 0.0622 e. The molecular weight excluding hydrogens is 1730 g/mol. The Balaban J connectivity index is 0.000000167. The van der Waals surface area contributed by atoms with Gasteiger partial charge < -0.3 is 19.5 Å². The summed E-state index contributed by atoms with van der Waals surface area (Å²) in [7, 11) is 6.96. The van der Waals surface area contributed by atoms with Gasteiger partial charge in [0.2, 0.25) is 0 Å². The minimum Gasteiger partial charge on any atom is -0.0622 e. The Kier molecular flexibility index (Phi) is 34.6. The van der Waals surface area contributed by atoms with Crippen LogP contribution in [0.1, 0.15) is 48.9 Å². The molecule has 0 unspecified atom stereocenters. The number of hydrogen-bond donors (Lipinski definition) is 2. The van der Waals surface area contributed by atoms with Gasteiger partial charge >= 0.3 is 54.3 Å². The molecule has 0 saturated carbocycles. The van der Waals surface area contributed by atoms with Crippen LogP contribution in [-0.2, 0) is 41.0 Å². The minimum atomic E-state index is -3.97. The third-order valence-electron chi connectivity index (χ3n) is 17.1. The van der Waals surface area contributed by atoms with Gasteiger partial charge in [-0.05, 0) is 148 Å². The molecule has 115 heavy (non-hydrogen) atoms. The number of alkyl halides is 4. The first-order chi connectivity index (χ1) is 55.4. The van der Waals surface area contributed by atoms with Crippen LogP contribution >= 0.6 is 50.8 Å². The van der Waals surface area contributed by atoms with Crippen LogP contribution < -0.4 is 46.8 Å².